The van der Waals surface area contributed by atoms with Gasteiger partial charge >= 0.3 is 6.03 Å². The number of urea groups is 1. The van der Waals surface area contributed by atoms with Gasteiger partial charge in [0, 0.05) is 30.6 Å². The minimum absolute atomic E-state index is 0.0767. The second kappa shape index (κ2) is 13.8. The molecule has 1 N–H and O–H groups in total. The van der Waals surface area contributed by atoms with E-state index in [1.54, 1.807) is 12.1 Å². The fourth-order valence-corrected chi connectivity index (χ4v) is 7.58. The van der Waals surface area contributed by atoms with Crippen molar-refractivity contribution in [1.29, 1.82) is 0 Å². The second-order valence-corrected chi connectivity index (χ2v) is 12.9. The molecule has 0 saturated carbocycles. The van der Waals surface area contributed by atoms with E-state index in [2.05, 4.69) is 34.5 Å². The van der Waals surface area contributed by atoms with E-state index < -0.39 is 17.8 Å². The number of carbonyl (C=O) groups is 3. The van der Waals surface area contributed by atoms with E-state index in [4.69, 9.17) is 21.1 Å². The van der Waals surface area contributed by atoms with Crippen LogP contribution in [0.15, 0.2) is 90.5 Å². The van der Waals surface area contributed by atoms with Gasteiger partial charge in [0.05, 0.1) is 23.9 Å². The number of imide groups is 2. The van der Waals surface area contributed by atoms with Crippen molar-refractivity contribution in [3.63, 3.8) is 0 Å². The van der Waals surface area contributed by atoms with Gasteiger partial charge in [-0.3, -0.25) is 14.9 Å². The van der Waals surface area contributed by atoms with Crippen LogP contribution < -0.4 is 24.6 Å². The molecular formula is C40H38ClN3O5. The Labute approximate surface area is 291 Å². The lowest BCUT2D eigenvalue weighted by atomic mass is 9.76. The van der Waals surface area contributed by atoms with Crippen molar-refractivity contribution in [3.8, 4) is 11.5 Å². The van der Waals surface area contributed by atoms with Gasteiger partial charge in [-0.05, 0) is 84.3 Å². The summed E-state index contributed by atoms with van der Waals surface area (Å²) in [6.07, 6.45) is 4.03. The average Bonchev–Trinajstić information content (AvgIpc) is 3.11. The van der Waals surface area contributed by atoms with Gasteiger partial charge in [-0.15, -0.1) is 0 Å². The fraction of sp³-hybridized carbons (Fsp3) is 0.275. The third kappa shape index (κ3) is 6.17. The molecule has 4 aromatic carbocycles. The van der Waals surface area contributed by atoms with Crippen LogP contribution in [0.3, 0.4) is 0 Å². The summed E-state index contributed by atoms with van der Waals surface area (Å²) in [5, 5.41) is 2.70. The Morgan fingerprint density at radius 1 is 0.837 bits per heavy atom. The molecule has 2 atom stereocenters. The highest BCUT2D eigenvalue weighted by molar-refractivity contribution is 6.39. The van der Waals surface area contributed by atoms with Crippen LogP contribution in [-0.4, -0.2) is 44.1 Å². The lowest BCUT2D eigenvalue weighted by Crippen LogP contribution is -2.54. The number of hydrogen-bond donors (Lipinski definition) is 1. The first kappa shape index (κ1) is 32.5. The maximum Gasteiger partial charge on any atom is 0.335 e. The Balaban J connectivity index is 1.34. The summed E-state index contributed by atoms with van der Waals surface area (Å²) < 4.78 is 11.6. The van der Waals surface area contributed by atoms with E-state index in [1.165, 1.54) is 22.9 Å². The molecule has 3 aliphatic rings. The van der Waals surface area contributed by atoms with E-state index in [0.29, 0.717) is 41.0 Å². The van der Waals surface area contributed by atoms with Crippen molar-refractivity contribution in [2.45, 2.75) is 44.9 Å². The van der Waals surface area contributed by atoms with Gasteiger partial charge in [-0.2, -0.15) is 0 Å². The number of hydrogen-bond acceptors (Lipinski definition) is 6. The molecule has 0 bridgehead atoms. The highest BCUT2D eigenvalue weighted by Crippen LogP contribution is 2.50. The smallest absolute Gasteiger partial charge is 0.335 e. The Kier molecular flexibility index (Phi) is 9.15. The highest BCUT2D eigenvalue weighted by atomic mass is 35.5. The fourth-order valence-electron chi connectivity index (χ4n) is 7.31. The number of nitrogens with one attached hydrogen (secondary N) is 1. The zero-order chi connectivity index (χ0) is 34.1. The number of barbiturate groups is 1. The lowest BCUT2D eigenvalue weighted by molar-refractivity contribution is -0.122. The van der Waals surface area contributed by atoms with Crippen LogP contribution in [0.25, 0.3) is 6.08 Å². The molecule has 0 unspecified atom stereocenters. The number of amides is 4. The minimum atomic E-state index is -0.786. The third-order valence-electron chi connectivity index (χ3n) is 9.45. The summed E-state index contributed by atoms with van der Waals surface area (Å²) in [5.74, 6) is -0.523. The topological polar surface area (TPSA) is 88.2 Å². The number of carbonyl (C=O) groups excluding carboxylic acids is 3. The van der Waals surface area contributed by atoms with Gasteiger partial charge in [-0.1, -0.05) is 79.2 Å². The van der Waals surface area contributed by atoms with Gasteiger partial charge in [0.15, 0.2) is 11.5 Å². The minimum Gasteiger partial charge on any atom is -0.490 e. The van der Waals surface area contributed by atoms with Crippen molar-refractivity contribution in [2.24, 2.45) is 0 Å². The zero-order valence-electron chi connectivity index (χ0n) is 27.6. The van der Waals surface area contributed by atoms with Crippen molar-refractivity contribution >= 4 is 46.9 Å². The molecule has 4 aromatic rings. The monoisotopic (exact) mass is 675 g/mol. The molecule has 9 heteroatoms. The Bertz CT molecular complexity index is 1870. The van der Waals surface area contributed by atoms with Crippen LogP contribution in [0.4, 0.5) is 16.2 Å². The highest BCUT2D eigenvalue weighted by Gasteiger charge is 2.40. The normalized spacial score (nSPS) is 19.5. The maximum atomic E-state index is 14.3. The van der Waals surface area contributed by atoms with E-state index >= 15 is 0 Å². The van der Waals surface area contributed by atoms with Gasteiger partial charge in [0.2, 0.25) is 0 Å². The number of benzene rings is 4. The molecule has 250 valence electrons. The Hall–Kier alpha value is -5.08. The first-order chi connectivity index (χ1) is 23.9. The Morgan fingerprint density at radius 3 is 2.02 bits per heavy atom. The number of nitrogens with zero attached hydrogens (tertiary/aromatic N) is 2. The van der Waals surface area contributed by atoms with Crippen LogP contribution in [0.2, 0.25) is 5.02 Å². The number of anilines is 2. The van der Waals surface area contributed by atoms with Gasteiger partial charge in [0.1, 0.15) is 5.57 Å². The molecule has 7 rings (SSSR count). The Morgan fingerprint density at radius 2 is 1.45 bits per heavy atom. The summed E-state index contributed by atoms with van der Waals surface area (Å²) in [6, 6.07) is 27.2. The van der Waals surface area contributed by atoms with E-state index in [1.807, 2.05) is 62.4 Å². The van der Waals surface area contributed by atoms with Crippen molar-refractivity contribution in [1.82, 2.24) is 5.32 Å². The van der Waals surface area contributed by atoms with E-state index in [-0.39, 0.29) is 17.4 Å². The summed E-state index contributed by atoms with van der Waals surface area (Å²) in [6.45, 7) is 6.49. The molecule has 8 nitrogen and oxygen atoms in total. The molecule has 49 heavy (non-hydrogen) atoms. The number of halogens is 1. The van der Waals surface area contributed by atoms with Crippen LogP contribution >= 0.6 is 11.6 Å². The molecule has 0 aromatic heterocycles. The molecule has 1 saturated heterocycles. The van der Waals surface area contributed by atoms with Crippen molar-refractivity contribution in [3.05, 3.63) is 123 Å². The standard InChI is InChI=1S/C40H38ClN3O5/c1-3-19-49-37-34(41)21-25(22-35(37)48-4-2)20-33-38(45)42-40(47)44(39(33)46)28-23-31-29(26-11-7-5-8-12-26)15-17-43-18-16-30(32(24-28)36(31)43)27-13-9-6-10-14-27/h5-14,20-24,29-30H,3-4,15-19H2,1-2H3,(H,42,45,47)/b33-20+/t29-,30-/m1/s1. The molecule has 0 spiro atoms. The van der Waals surface area contributed by atoms with E-state index in [9.17, 15) is 14.4 Å². The summed E-state index contributed by atoms with van der Waals surface area (Å²) >= 11 is 6.60. The van der Waals surface area contributed by atoms with Crippen LogP contribution in [-0.2, 0) is 9.59 Å². The van der Waals surface area contributed by atoms with Crippen molar-refractivity contribution < 1.29 is 23.9 Å². The first-order valence-electron chi connectivity index (χ1n) is 16.9. The average molecular weight is 676 g/mol. The molecule has 0 aliphatic carbocycles. The molecular weight excluding hydrogens is 638 g/mol. The van der Waals surface area contributed by atoms with Gasteiger partial charge in [0.25, 0.3) is 11.8 Å². The largest absolute Gasteiger partial charge is 0.490 e. The molecule has 1 fully saturated rings. The van der Waals surface area contributed by atoms with Crippen LogP contribution in [0.1, 0.15) is 72.8 Å². The molecule has 3 aliphatic heterocycles. The van der Waals surface area contributed by atoms with Gasteiger partial charge < -0.3 is 14.4 Å². The third-order valence-corrected chi connectivity index (χ3v) is 9.73. The summed E-state index contributed by atoms with van der Waals surface area (Å²) in [5.41, 5.74) is 6.39. The zero-order valence-corrected chi connectivity index (χ0v) is 28.3. The quantitative estimate of drug-likeness (QED) is 0.143. The summed E-state index contributed by atoms with van der Waals surface area (Å²) in [7, 11) is 0. The molecule has 0 radical (unpaired) electrons. The van der Waals surface area contributed by atoms with Crippen molar-refractivity contribution in [2.75, 3.05) is 36.1 Å². The van der Waals surface area contributed by atoms with Crippen LogP contribution in [0, 0.1) is 0 Å². The molecule has 4 amide bonds. The number of rotatable bonds is 9. The SMILES string of the molecule is CCCOc1c(Cl)cc(/C=C2\C(=O)NC(=O)N(c3cc4c5c(c3)[C@@H](c3ccccc3)CCN5CC[C@@H]4c3ccccc3)C2=O)cc1OCC. The lowest BCUT2D eigenvalue weighted by Gasteiger charge is -2.44. The summed E-state index contributed by atoms with van der Waals surface area (Å²) in [4.78, 5) is 44.6. The molecule has 3 heterocycles. The first-order valence-corrected chi connectivity index (χ1v) is 17.3. The van der Waals surface area contributed by atoms with E-state index in [0.717, 1.165) is 48.4 Å². The second-order valence-electron chi connectivity index (χ2n) is 12.5. The van der Waals surface area contributed by atoms with Crippen LogP contribution in [0.5, 0.6) is 11.5 Å². The maximum absolute atomic E-state index is 14.3. The van der Waals surface area contributed by atoms with Gasteiger partial charge in [-0.25, -0.2) is 9.69 Å². The predicted octanol–water partition coefficient (Wildman–Crippen LogP) is 8.07. The predicted molar refractivity (Wildman–Crippen MR) is 192 cm³/mol. The number of ether oxygens (including phenoxy) is 2.